The number of rotatable bonds is 4. The Bertz CT molecular complexity index is 1000. The number of nitrogens with two attached hydrogens (primary N) is 1. The molecule has 1 aromatic carbocycles. The van der Waals surface area contributed by atoms with Crippen molar-refractivity contribution in [3.8, 4) is 0 Å². The van der Waals surface area contributed by atoms with Crippen LogP contribution in [0, 0.1) is 18.7 Å². The van der Waals surface area contributed by atoms with Crippen molar-refractivity contribution in [2.45, 2.75) is 38.8 Å². The third kappa shape index (κ3) is 3.81. The normalized spacial score (nSPS) is 23.7. The van der Waals surface area contributed by atoms with Crippen LogP contribution < -0.4 is 11.1 Å². The van der Waals surface area contributed by atoms with Gasteiger partial charge in [0, 0.05) is 23.4 Å². The van der Waals surface area contributed by atoms with E-state index in [1.54, 1.807) is 6.92 Å². The van der Waals surface area contributed by atoms with Crippen molar-refractivity contribution >= 4 is 29.2 Å². The molecule has 0 fully saturated rings. The average Bonchev–Trinajstić information content (AvgIpc) is 2.67. The van der Waals surface area contributed by atoms with Crippen molar-refractivity contribution in [3.05, 3.63) is 58.1 Å². The van der Waals surface area contributed by atoms with Crippen molar-refractivity contribution in [3.63, 3.8) is 0 Å². The highest BCUT2D eigenvalue weighted by molar-refractivity contribution is 6.30. The maximum absolute atomic E-state index is 15.1. The van der Waals surface area contributed by atoms with E-state index in [1.807, 2.05) is 0 Å². The summed E-state index contributed by atoms with van der Waals surface area (Å²) >= 11 is 5.76. The molecule has 3 atom stereocenters. The largest absolute Gasteiger partial charge is 0.462 e. The van der Waals surface area contributed by atoms with Gasteiger partial charge < -0.3 is 15.8 Å². The lowest BCUT2D eigenvalue weighted by molar-refractivity contribution is -0.0364. The number of alkyl halides is 2. The second kappa shape index (κ2) is 8.14. The van der Waals surface area contributed by atoms with Crippen LogP contribution in [0.2, 0.25) is 5.02 Å². The number of benzene rings is 1. The number of anilines is 1. The topological polar surface area (TPSA) is 89.6 Å². The number of nitrogens with zero attached hydrogens (tertiary/aromatic N) is 2. The number of amides is 1. The summed E-state index contributed by atoms with van der Waals surface area (Å²) in [6.07, 6.45) is -2.51. The zero-order chi connectivity index (χ0) is 22.2. The number of carbonyl (C=O) groups is 1. The number of ether oxygens (including phenoxy) is 1. The van der Waals surface area contributed by atoms with Crippen LogP contribution in [0.1, 0.15) is 35.5 Å². The van der Waals surface area contributed by atoms with Gasteiger partial charge in [-0.05, 0) is 43.7 Å². The molecule has 2 heterocycles. The van der Waals surface area contributed by atoms with Gasteiger partial charge in [0.15, 0.2) is 5.54 Å². The fourth-order valence-corrected chi connectivity index (χ4v) is 3.58. The Balaban J connectivity index is 2.09. The molecule has 0 spiro atoms. The van der Waals surface area contributed by atoms with Crippen molar-refractivity contribution in [2.75, 3.05) is 5.32 Å². The fraction of sp³-hybridized carbons (Fsp3) is 0.350. The third-order valence-corrected chi connectivity index (χ3v) is 5.46. The molecule has 160 valence electrons. The number of amidine groups is 1. The minimum Gasteiger partial charge on any atom is -0.462 e. The number of aliphatic imine (C=N–C) groups is 1. The Hall–Kier alpha value is -2.81. The summed E-state index contributed by atoms with van der Waals surface area (Å²) in [5, 5.41) is 2.90. The van der Waals surface area contributed by atoms with Crippen LogP contribution >= 0.6 is 11.6 Å². The second-order valence-corrected chi connectivity index (χ2v) is 7.59. The summed E-state index contributed by atoms with van der Waals surface area (Å²) in [6, 6.07) is 4.93. The van der Waals surface area contributed by atoms with E-state index in [0.29, 0.717) is 5.02 Å². The molecule has 10 heteroatoms. The van der Waals surface area contributed by atoms with Gasteiger partial charge in [-0.15, -0.1) is 0 Å². The van der Waals surface area contributed by atoms with E-state index in [4.69, 9.17) is 22.1 Å². The van der Waals surface area contributed by atoms with Gasteiger partial charge in [0.1, 0.15) is 17.6 Å². The minimum atomic E-state index is -3.07. The van der Waals surface area contributed by atoms with Crippen LogP contribution in [0.5, 0.6) is 0 Å². The first-order valence-electron chi connectivity index (χ1n) is 9.10. The molecule has 6 nitrogen and oxygen atoms in total. The number of hydrogen-bond acceptors (Lipinski definition) is 5. The van der Waals surface area contributed by atoms with Gasteiger partial charge in [0.05, 0.1) is 5.02 Å². The Morgan fingerprint density at radius 3 is 2.63 bits per heavy atom. The molecule has 0 saturated carbocycles. The molecule has 3 rings (SSSR count). The first kappa shape index (κ1) is 21.9. The molecule has 2 aromatic rings. The standard InChI is InChI=1S/C20H20ClF3N4O2/c1-9-6-13(27-17(29)15-5-4-12(21)8-26-15)7-14(16(9)22)20(18(23)24)10(2)11(3)30-19(25)28-20/h4-8,10-11,18H,1-3H3,(H2,25,28)(H,27,29)/t10-,11?,20-/m1/s1. The Morgan fingerprint density at radius 2 is 2.03 bits per heavy atom. The molecule has 30 heavy (non-hydrogen) atoms. The summed E-state index contributed by atoms with van der Waals surface area (Å²) in [6.45, 7) is 4.46. The first-order chi connectivity index (χ1) is 14.1. The number of carbonyl (C=O) groups excluding carboxylic acids is 1. The third-order valence-electron chi connectivity index (χ3n) is 5.24. The Morgan fingerprint density at radius 1 is 1.33 bits per heavy atom. The maximum atomic E-state index is 15.1. The lowest BCUT2D eigenvalue weighted by atomic mass is 9.75. The van der Waals surface area contributed by atoms with E-state index in [0.717, 1.165) is 6.07 Å². The minimum absolute atomic E-state index is 0.0572. The second-order valence-electron chi connectivity index (χ2n) is 7.16. The molecule has 1 amide bonds. The molecule has 1 aliphatic heterocycles. The Labute approximate surface area is 176 Å². The number of aryl methyl sites for hydroxylation is 1. The highest BCUT2D eigenvalue weighted by Gasteiger charge is 2.53. The summed E-state index contributed by atoms with van der Waals surface area (Å²) in [5.41, 5.74) is 3.21. The van der Waals surface area contributed by atoms with Crippen LogP contribution in [-0.2, 0) is 10.3 Å². The van der Waals surface area contributed by atoms with E-state index in [-0.39, 0.29) is 22.5 Å². The lowest BCUT2D eigenvalue weighted by Gasteiger charge is -2.42. The summed E-state index contributed by atoms with van der Waals surface area (Å²) in [5.74, 6) is -2.36. The van der Waals surface area contributed by atoms with Gasteiger partial charge >= 0.3 is 0 Å². The zero-order valence-electron chi connectivity index (χ0n) is 16.4. The van der Waals surface area contributed by atoms with E-state index < -0.39 is 41.7 Å². The molecule has 0 bridgehead atoms. The summed E-state index contributed by atoms with van der Waals surface area (Å²) in [7, 11) is 0. The van der Waals surface area contributed by atoms with Gasteiger partial charge in [-0.2, -0.15) is 0 Å². The predicted molar refractivity (Wildman–Crippen MR) is 107 cm³/mol. The highest BCUT2D eigenvalue weighted by Crippen LogP contribution is 2.46. The van der Waals surface area contributed by atoms with Crippen molar-refractivity contribution in [1.29, 1.82) is 0 Å². The Kier molecular flexibility index (Phi) is 5.94. The van der Waals surface area contributed by atoms with Crippen molar-refractivity contribution in [2.24, 2.45) is 16.6 Å². The smallest absolute Gasteiger partial charge is 0.283 e. The molecule has 0 saturated heterocycles. The number of aromatic nitrogens is 1. The SMILES string of the molecule is Cc1cc(NC(=O)c2ccc(Cl)cn2)cc([C@]2(C(F)F)N=C(N)OC(C)[C@H]2C)c1F. The van der Waals surface area contributed by atoms with Crippen LogP contribution in [0.25, 0.3) is 0 Å². The van der Waals surface area contributed by atoms with Crippen molar-refractivity contribution in [1.82, 2.24) is 4.98 Å². The maximum Gasteiger partial charge on any atom is 0.283 e. The van der Waals surface area contributed by atoms with E-state index in [1.165, 1.54) is 38.2 Å². The van der Waals surface area contributed by atoms with Crippen LogP contribution in [-0.4, -0.2) is 29.4 Å². The summed E-state index contributed by atoms with van der Waals surface area (Å²) in [4.78, 5) is 20.2. The predicted octanol–water partition coefficient (Wildman–Crippen LogP) is 4.26. The molecule has 3 N–H and O–H groups in total. The molecular formula is C20H20ClF3N4O2. The van der Waals surface area contributed by atoms with Gasteiger partial charge in [0.25, 0.3) is 18.4 Å². The zero-order valence-corrected chi connectivity index (χ0v) is 17.2. The molecule has 1 aromatic heterocycles. The van der Waals surface area contributed by atoms with Crippen LogP contribution in [0.3, 0.4) is 0 Å². The van der Waals surface area contributed by atoms with E-state index >= 15 is 4.39 Å². The number of pyridine rings is 1. The highest BCUT2D eigenvalue weighted by atomic mass is 35.5. The van der Waals surface area contributed by atoms with Crippen LogP contribution in [0.4, 0.5) is 18.9 Å². The van der Waals surface area contributed by atoms with E-state index in [9.17, 15) is 13.6 Å². The quantitative estimate of drug-likeness (QED) is 0.743. The van der Waals surface area contributed by atoms with E-state index in [2.05, 4.69) is 15.3 Å². The molecule has 1 unspecified atom stereocenters. The van der Waals surface area contributed by atoms with Gasteiger partial charge in [0.2, 0.25) is 0 Å². The van der Waals surface area contributed by atoms with Gasteiger partial charge in [-0.3, -0.25) is 4.79 Å². The number of nitrogens with one attached hydrogen (secondary N) is 1. The first-order valence-corrected chi connectivity index (χ1v) is 9.47. The molecule has 0 aliphatic carbocycles. The lowest BCUT2D eigenvalue weighted by Crippen LogP contribution is -2.51. The van der Waals surface area contributed by atoms with Gasteiger partial charge in [-0.1, -0.05) is 18.5 Å². The average molecular weight is 441 g/mol. The molecule has 1 aliphatic rings. The number of halogens is 4. The monoisotopic (exact) mass is 440 g/mol. The van der Waals surface area contributed by atoms with Crippen molar-refractivity contribution < 1.29 is 22.7 Å². The van der Waals surface area contributed by atoms with Crippen LogP contribution in [0.15, 0.2) is 35.5 Å². The van der Waals surface area contributed by atoms with Gasteiger partial charge in [-0.25, -0.2) is 23.1 Å². The summed E-state index contributed by atoms with van der Waals surface area (Å²) < 4.78 is 49.1. The number of hydrogen-bond donors (Lipinski definition) is 2. The fourth-order valence-electron chi connectivity index (χ4n) is 3.47. The molecular weight excluding hydrogens is 421 g/mol. The molecule has 0 radical (unpaired) electrons.